The number of nitrogens with one attached hydrogen (secondary N) is 1. The first-order valence-electron chi connectivity index (χ1n) is 4.03. The molecule has 0 saturated carbocycles. The first-order valence-corrected chi connectivity index (χ1v) is 4.03. The van der Waals surface area contributed by atoms with Crippen LogP contribution in [0.3, 0.4) is 0 Å². The van der Waals surface area contributed by atoms with Crippen LogP contribution >= 0.6 is 0 Å². The molecule has 0 aliphatic heterocycles. The highest BCUT2D eigenvalue weighted by atomic mass is 16.2. The van der Waals surface area contributed by atoms with E-state index in [1.54, 1.807) is 30.6 Å². The van der Waals surface area contributed by atoms with Crippen molar-refractivity contribution in [2.75, 3.05) is 0 Å². The molecule has 2 rings (SSSR count). The lowest BCUT2D eigenvalue weighted by atomic mass is 10.2. The lowest BCUT2D eigenvalue weighted by molar-refractivity contribution is 0.0949. The molecule has 0 aromatic carbocycles. The Hall–Kier alpha value is -2.01. The van der Waals surface area contributed by atoms with Gasteiger partial charge in [0.25, 0.3) is 5.91 Å². The maximum absolute atomic E-state index is 11.1. The van der Waals surface area contributed by atoms with Crippen molar-refractivity contribution in [2.45, 2.75) is 0 Å². The van der Waals surface area contributed by atoms with Gasteiger partial charge in [-0.2, -0.15) is 0 Å². The Bertz CT molecular complexity index is 483. The summed E-state index contributed by atoms with van der Waals surface area (Å²) in [6, 6.07) is 5.12. The first kappa shape index (κ1) is 8.58. The zero-order valence-electron chi connectivity index (χ0n) is 7.27. The Balaban J connectivity index is 2.56. The van der Waals surface area contributed by atoms with Crippen LogP contribution in [-0.2, 0) is 0 Å². The minimum absolute atomic E-state index is 0.297. The molecular weight excluding hydrogens is 180 g/mol. The molecule has 0 aliphatic rings. The lowest BCUT2D eigenvalue weighted by Gasteiger charge is -2.00. The summed E-state index contributed by atoms with van der Waals surface area (Å²) in [5, 5.41) is 0.890. The third-order valence-electron chi connectivity index (χ3n) is 1.85. The quantitative estimate of drug-likeness (QED) is 0.381. The molecule has 1 amide bonds. The molecule has 2 heterocycles. The summed E-state index contributed by atoms with van der Waals surface area (Å²) in [4.78, 5) is 19.2. The van der Waals surface area contributed by atoms with E-state index in [4.69, 9.17) is 5.84 Å². The van der Waals surface area contributed by atoms with Crippen molar-refractivity contribution in [2.24, 2.45) is 5.84 Å². The van der Waals surface area contributed by atoms with Crippen molar-refractivity contribution in [3.8, 4) is 0 Å². The maximum Gasteiger partial charge on any atom is 0.283 e. The summed E-state index contributed by atoms with van der Waals surface area (Å²) in [6.45, 7) is 0. The molecule has 2 aromatic heterocycles. The number of carbonyl (C=O) groups excluding carboxylic acids is 1. The van der Waals surface area contributed by atoms with Crippen LogP contribution in [-0.4, -0.2) is 15.9 Å². The molecular formula is C9H8N4O. The molecule has 5 nitrogen and oxygen atoms in total. The van der Waals surface area contributed by atoms with E-state index in [9.17, 15) is 4.79 Å². The SMILES string of the molecule is NNC(=O)c1ccc2cnccc2n1. The van der Waals surface area contributed by atoms with Gasteiger partial charge in [0.2, 0.25) is 0 Å². The Morgan fingerprint density at radius 2 is 2.21 bits per heavy atom. The number of pyridine rings is 2. The van der Waals surface area contributed by atoms with E-state index in [-0.39, 0.29) is 0 Å². The number of nitrogens with two attached hydrogens (primary N) is 1. The van der Waals surface area contributed by atoms with Crippen molar-refractivity contribution in [1.29, 1.82) is 0 Å². The Kier molecular flexibility index (Phi) is 2.08. The molecule has 0 fully saturated rings. The van der Waals surface area contributed by atoms with Crippen molar-refractivity contribution >= 4 is 16.8 Å². The average molecular weight is 188 g/mol. The van der Waals surface area contributed by atoms with E-state index < -0.39 is 5.91 Å². The van der Waals surface area contributed by atoms with Gasteiger partial charge in [0, 0.05) is 17.8 Å². The van der Waals surface area contributed by atoms with Gasteiger partial charge < -0.3 is 0 Å². The van der Waals surface area contributed by atoms with Crippen LogP contribution < -0.4 is 11.3 Å². The van der Waals surface area contributed by atoms with Gasteiger partial charge in [-0.15, -0.1) is 0 Å². The summed E-state index contributed by atoms with van der Waals surface area (Å²) in [5.74, 6) is 4.60. The van der Waals surface area contributed by atoms with E-state index in [0.717, 1.165) is 10.9 Å². The van der Waals surface area contributed by atoms with Crippen LogP contribution in [0.4, 0.5) is 0 Å². The smallest absolute Gasteiger partial charge is 0.283 e. The molecule has 0 spiro atoms. The summed E-state index contributed by atoms with van der Waals surface area (Å²) < 4.78 is 0. The summed E-state index contributed by atoms with van der Waals surface area (Å²) in [5.41, 5.74) is 3.05. The zero-order chi connectivity index (χ0) is 9.97. The van der Waals surface area contributed by atoms with E-state index in [0.29, 0.717) is 5.69 Å². The normalized spacial score (nSPS) is 10.1. The highest BCUT2D eigenvalue weighted by Crippen LogP contribution is 2.09. The Morgan fingerprint density at radius 1 is 1.36 bits per heavy atom. The Labute approximate surface area is 79.9 Å². The number of rotatable bonds is 1. The second-order valence-corrected chi connectivity index (χ2v) is 2.74. The number of aromatic nitrogens is 2. The molecule has 14 heavy (non-hydrogen) atoms. The first-order chi connectivity index (χ1) is 6.81. The molecule has 0 atom stereocenters. The van der Waals surface area contributed by atoms with Gasteiger partial charge in [0.15, 0.2) is 0 Å². The number of hydrazine groups is 1. The number of hydrogen-bond donors (Lipinski definition) is 2. The summed E-state index contributed by atoms with van der Waals surface area (Å²) in [7, 11) is 0. The topological polar surface area (TPSA) is 80.9 Å². The second-order valence-electron chi connectivity index (χ2n) is 2.74. The molecule has 0 bridgehead atoms. The highest BCUT2D eigenvalue weighted by Gasteiger charge is 2.05. The number of nitrogen functional groups attached to an aromatic ring is 1. The number of nitrogens with zero attached hydrogens (tertiary/aromatic N) is 2. The number of carbonyl (C=O) groups is 1. The van der Waals surface area contributed by atoms with E-state index in [1.165, 1.54) is 0 Å². The van der Waals surface area contributed by atoms with Gasteiger partial charge in [-0.1, -0.05) is 0 Å². The third-order valence-corrected chi connectivity index (χ3v) is 1.85. The molecule has 0 unspecified atom stereocenters. The molecule has 0 radical (unpaired) electrons. The molecule has 3 N–H and O–H groups in total. The zero-order valence-corrected chi connectivity index (χ0v) is 7.27. The van der Waals surface area contributed by atoms with Crippen LogP contribution in [0, 0.1) is 0 Å². The van der Waals surface area contributed by atoms with Crippen LogP contribution in [0.2, 0.25) is 0 Å². The van der Waals surface area contributed by atoms with Crippen LogP contribution in [0.25, 0.3) is 10.9 Å². The van der Waals surface area contributed by atoms with Crippen molar-refractivity contribution in [3.63, 3.8) is 0 Å². The molecule has 0 saturated heterocycles. The van der Waals surface area contributed by atoms with Crippen LogP contribution in [0.1, 0.15) is 10.5 Å². The molecule has 5 heteroatoms. The average Bonchev–Trinajstić information content (AvgIpc) is 2.27. The minimum atomic E-state index is -0.399. The Morgan fingerprint density at radius 3 is 3.00 bits per heavy atom. The van der Waals surface area contributed by atoms with E-state index in [2.05, 4.69) is 9.97 Å². The van der Waals surface area contributed by atoms with Crippen LogP contribution in [0.5, 0.6) is 0 Å². The summed E-state index contributed by atoms with van der Waals surface area (Å²) >= 11 is 0. The van der Waals surface area contributed by atoms with Gasteiger partial charge in [0.05, 0.1) is 5.52 Å². The lowest BCUT2D eigenvalue weighted by Crippen LogP contribution is -2.30. The predicted molar refractivity (Wildman–Crippen MR) is 51.2 cm³/mol. The van der Waals surface area contributed by atoms with E-state index in [1.807, 2.05) is 5.43 Å². The van der Waals surface area contributed by atoms with Gasteiger partial charge >= 0.3 is 0 Å². The van der Waals surface area contributed by atoms with E-state index >= 15 is 0 Å². The van der Waals surface area contributed by atoms with Gasteiger partial charge in [0.1, 0.15) is 5.69 Å². The fourth-order valence-electron chi connectivity index (χ4n) is 1.17. The fraction of sp³-hybridized carbons (Fsp3) is 0. The van der Waals surface area contributed by atoms with Crippen molar-refractivity contribution in [1.82, 2.24) is 15.4 Å². The predicted octanol–water partition coefficient (Wildman–Crippen LogP) is 0.233. The number of fused-ring (bicyclic) bond motifs is 1. The van der Waals surface area contributed by atoms with Gasteiger partial charge in [-0.25, -0.2) is 10.8 Å². The molecule has 2 aromatic rings. The third kappa shape index (κ3) is 1.40. The van der Waals surface area contributed by atoms with Crippen molar-refractivity contribution in [3.05, 3.63) is 36.3 Å². The highest BCUT2D eigenvalue weighted by molar-refractivity contribution is 5.94. The van der Waals surface area contributed by atoms with Crippen LogP contribution in [0.15, 0.2) is 30.6 Å². The van der Waals surface area contributed by atoms with Crippen molar-refractivity contribution < 1.29 is 4.79 Å². The number of amides is 1. The standard InChI is InChI=1S/C9H8N4O/c10-13-9(14)8-2-1-6-5-11-4-3-7(6)12-8/h1-5H,10H2,(H,13,14). The molecule has 0 aliphatic carbocycles. The van der Waals surface area contributed by atoms with Gasteiger partial charge in [-0.05, 0) is 18.2 Å². The number of hydrogen-bond acceptors (Lipinski definition) is 4. The monoisotopic (exact) mass is 188 g/mol. The largest absolute Gasteiger partial charge is 0.289 e. The molecule has 70 valence electrons. The fourth-order valence-corrected chi connectivity index (χ4v) is 1.17. The van der Waals surface area contributed by atoms with Gasteiger partial charge in [-0.3, -0.25) is 15.2 Å². The second kappa shape index (κ2) is 3.39. The summed E-state index contributed by atoms with van der Waals surface area (Å²) in [6.07, 6.45) is 3.31. The maximum atomic E-state index is 11.1. The minimum Gasteiger partial charge on any atom is -0.289 e.